The molecular formula is C20H21N5OS. The lowest BCUT2D eigenvalue weighted by molar-refractivity contribution is 0.102. The molecule has 6 nitrogen and oxygen atoms in total. The highest BCUT2D eigenvalue weighted by Crippen LogP contribution is 2.23. The van der Waals surface area contributed by atoms with Crippen LogP contribution in [-0.4, -0.2) is 39.8 Å². The summed E-state index contributed by atoms with van der Waals surface area (Å²) in [4.78, 5) is 24.0. The maximum absolute atomic E-state index is 12.9. The van der Waals surface area contributed by atoms with E-state index in [9.17, 15) is 4.79 Å². The number of aromatic nitrogens is 3. The number of anilines is 2. The molecule has 3 aromatic rings. The minimum atomic E-state index is -0.206. The summed E-state index contributed by atoms with van der Waals surface area (Å²) in [7, 11) is 0. The molecule has 1 saturated heterocycles. The van der Waals surface area contributed by atoms with Crippen molar-refractivity contribution in [3.63, 3.8) is 0 Å². The molecule has 4 rings (SSSR count). The van der Waals surface area contributed by atoms with Crippen molar-refractivity contribution in [3.8, 4) is 5.69 Å². The number of benzene rings is 1. The molecule has 1 fully saturated rings. The molecule has 3 heterocycles. The molecule has 0 spiro atoms. The Balaban J connectivity index is 1.56. The summed E-state index contributed by atoms with van der Waals surface area (Å²) >= 11 is 1.50. The van der Waals surface area contributed by atoms with Gasteiger partial charge in [0, 0.05) is 18.8 Å². The number of thioether (sulfide) groups is 1. The highest BCUT2D eigenvalue weighted by Gasteiger charge is 2.18. The van der Waals surface area contributed by atoms with Crippen LogP contribution in [0.25, 0.3) is 5.69 Å². The maximum Gasteiger partial charge on any atom is 0.274 e. The summed E-state index contributed by atoms with van der Waals surface area (Å²) in [6.07, 6.45) is 7.69. The number of para-hydroxylation sites is 1. The van der Waals surface area contributed by atoms with Crippen LogP contribution >= 0.6 is 11.8 Å². The number of pyridine rings is 1. The Hall–Kier alpha value is -2.80. The molecule has 1 aliphatic rings. The van der Waals surface area contributed by atoms with E-state index < -0.39 is 0 Å². The standard InChI is InChI=1S/C20H21N5OS/c1-27-20-22-14-17(25(20)16-7-3-2-4-8-16)19(26)23-15-9-10-18(21-13-15)24-11-5-6-12-24/h2-4,7-10,13-14H,5-6,11-12H2,1H3,(H,23,26). The fourth-order valence-electron chi connectivity index (χ4n) is 3.25. The second-order valence-corrected chi connectivity index (χ2v) is 7.13. The topological polar surface area (TPSA) is 63.1 Å². The lowest BCUT2D eigenvalue weighted by atomic mass is 10.3. The fourth-order valence-corrected chi connectivity index (χ4v) is 3.80. The zero-order valence-electron chi connectivity index (χ0n) is 15.1. The highest BCUT2D eigenvalue weighted by molar-refractivity contribution is 7.98. The molecule has 0 radical (unpaired) electrons. The largest absolute Gasteiger partial charge is 0.357 e. The van der Waals surface area contributed by atoms with Crippen LogP contribution in [0.1, 0.15) is 23.3 Å². The predicted octanol–water partition coefficient (Wildman–Crippen LogP) is 3.84. The monoisotopic (exact) mass is 379 g/mol. The van der Waals surface area contributed by atoms with E-state index in [0.717, 1.165) is 29.8 Å². The number of hydrogen-bond acceptors (Lipinski definition) is 5. The third-order valence-electron chi connectivity index (χ3n) is 4.59. The summed E-state index contributed by atoms with van der Waals surface area (Å²) in [5.41, 5.74) is 2.08. The van der Waals surface area contributed by atoms with Crippen molar-refractivity contribution >= 4 is 29.2 Å². The van der Waals surface area contributed by atoms with Crippen molar-refractivity contribution in [1.82, 2.24) is 14.5 Å². The summed E-state index contributed by atoms with van der Waals surface area (Å²) in [5, 5.41) is 3.71. The van der Waals surface area contributed by atoms with Crippen molar-refractivity contribution in [2.75, 3.05) is 29.6 Å². The minimum Gasteiger partial charge on any atom is -0.357 e. The third kappa shape index (κ3) is 3.68. The molecule has 1 amide bonds. The fraction of sp³-hybridized carbons (Fsp3) is 0.250. The first-order chi connectivity index (χ1) is 13.3. The van der Waals surface area contributed by atoms with Crippen LogP contribution in [0.4, 0.5) is 11.5 Å². The van der Waals surface area contributed by atoms with E-state index in [4.69, 9.17) is 0 Å². The second-order valence-electron chi connectivity index (χ2n) is 6.35. The Morgan fingerprint density at radius 2 is 1.81 bits per heavy atom. The van der Waals surface area contributed by atoms with E-state index in [0.29, 0.717) is 11.4 Å². The number of hydrogen-bond donors (Lipinski definition) is 1. The Kier molecular flexibility index (Phi) is 5.11. The molecule has 2 aromatic heterocycles. The minimum absolute atomic E-state index is 0.206. The van der Waals surface area contributed by atoms with Gasteiger partial charge in [0.2, 0.25) is 0 Å². The summed E-state index contributed by atoms with van der Waals surface area (Å²) in [6.45, 7) is 2.10. The van der Waals surface area contributed by atoms with Gasteiger partial charge in [0.15, 0.2) is 5.16 Å². The molecule has 1 aromatic carbocycles. The van der Waals surface area contributed by atoms with E-state index in [-0.39, 0.29) is 5.91 Å². The third-order valence-corrected chi connectivity index (χ3v) is 5.25. The van der Waals surface area contributed by atoms with Gasteiger partial charge in [-0.1, -0.05) is 30.0 Å². The van der Waals surface area contributed by atoms with Gasteiger partial charge in [-0.15, -0.1) is 0 Å². The summed E-state index contributed by atoms with van der Waals surface area (Å²) in [5.74, 6) is 0.756. The van der Waals surface area contributed by atoms with Crippen molar-refractivity contribution in [2.45, 2.75) is 18.0 Å². The molecule has 0 unspecified atom stereocenters. The first-order valence-electron chi connectivity index (χ1n) is 8.96. The number of nitrogens with one attached hydrogen (secondary N) is 1. The van der Waals surface area contributed by atoms with Crippen LogP contribution in [0.2, 0.25) is 0 Å². The number of amides is 1. The highest BCUT2D eigenvalue weighted by atomic mass is 32.2. The number of carbonyl (C=O) groups excluding carboxylic acids is 1. The van der Waals surface area contributed by atoms with Gasteiger partial charge >= 0.3 is 0 Å². The van der Waals surface area contributed by atoms with Gasteiger partial charge in [0.1, 0.15) is 11.5 Å². The first kappa shape index (κ1) is 17.6. The van der Waals surface area contributed by atoms with Crippen LogP contribution in [0, 0.1) is 0 Å². The summed E-state index contributed by atoms with van der Waals surface area (Å²) in [6, 6.07) is 13.6. The summed E-state index contributed by atoms with van der Waals surface area (Å²) < 4.78 is 1.87. The van der Waals surface area contributed by atoms with E-state index in [1.165, 1.54) is 24.6 Å². The average Bonchev–Trinajstić information content (AvgIpc) is 3.39. The van der Waals surface area contributed by atoms with Crippen LogP contribution in [0.15, 0.2) is 60.0 Å². The van der Waals surface area contributed by atoms with Crippen molar-refractivity contribution in [3.05, 3.63) is 60.6 Å². The second kappa shape index (κ2) is 7.84. The molecule has 1 aliphatic heterocycles. The molecule has 0 bridgehead atoms. The van der Waals surface area contributed by atoms with E-state index in [1.807, 2.05) is 53.3 Å². The van der Waals surface area contributed by atoms with Gasteiger partial charge in [0.05, 0.1) is 18.1 Å². The van der Waals surface area contributed by atoms with E-state index in [2.05, 4.69) is 20.2 Å². The molecule has 27 heavy (non-hydrogen) atoms. The SMILES string of the molecule is CSc1ncc(C(=O)Nc2ccc(N3CCCC3)nc2)n1-c1ccccc1. The Labute approximate surface area is 162 Å². The molecule has 0 saturated carbocycles. The van der Waals surface area contributed by atoms with Gasteiger partial charge in [-0.2, -0.15) is 0 Å². The lowest BCUT2D eigenvalue weighted by Gasteiger charge is -2.16. The predicted molar refractivity (Wildman–Crippen MR) is 109 cm³/mol. The lowest BCUT2D eigenvalue weighted by Crippen LogP contribution is -2.19. The van der Waals surface area contributed by atoms with Crippen LogP contribution < -0.4 is 10.2 Å². The van der Waals surface area contributed by atoms with Crippen molar-refractivity contribution in [2.24, 2.45) is 0 Å². The van der Waals surface area contributed by atoms with Crippen LogP contribution in [0.5, 0.6) is 0 Å². The molecule has 1 N–H and O–H groups in total. The average molecular weight is 379 g/mol. The Morgan fingerprint density at radius 3 is 2.48 bits per heavy atom. The smallest absolute Gasteiger partial charge is 0.274 e. The van der Waals surface area contributed by atoms with Crippen LogP contribution in [0.3, 0.4) is 0 Å². The first-order valence-corrected chi connectivity index (χ1v) is 10.2. The Bertz CT molecular complexity index is 917. The zero-order valence-corrected chi connectivity index (χ0v) is 15.9. The zero-order chi connectivity index (χ0) is 18.6. The molecule has 138 valence electrons. The van der Waals surface area contributed by atoms with Gasteiger partial charge in [0.25, 0.3) is 5.91 Å². The molecular weight excluding hydrogens is 358 g/mol. The molecule has 0 atom stereocenters. The van der Waals surface area contributed by atoms with Crippen molar-refractivity contribution < 1.29 is 4.79 Å². The van der Waals surface area contributed by atoms with Gasteiger partial charge in [-0.25, -0.2) is 9.97 Å². The number of carbonyl (C=O) groups is 1. The quantitative estimate of drug-likeness (QED) is 0.683. The van der Waals surface area contributed by atoms with Crippen LogP contribution in [-0.2, 0) is 0 Å². The van der Waals surface area contributed by atoms with E-state index in [1.54, 1.807) is 12.4 Å². The number of imidazole rings is 1. The van der Waals surface area contributed by atoms with Gasteiger partial charge in [-0.3, -0.25) is 9.36 Å². The van der Waals surface area contributed by atoms with Gasteiger partial charge in [-0.05, 0) is 43.4 Å². The van der Waals surface area contributed by atoms with Crippen molar-refractivity contribution in [1.29, 1.82) is 0 Å². The molecule has 0 aliphatic carbocycles. The van der Waals surface area contributed by atoms with Gasteiger partial charge < -0.3 is 10.2 Å². The normalized spacial score (nSPS) is 13.7. The number of nitrogens with zero attached hydrogens (tertiary/aromatic N) is 4. The Morgan fingerprint density at radius 1 is 1.04 bits per heavy atom. The van der Waals surface area contributed by atoms with E-state index >= 15 is 0 Å². The molecule has 7 heteroatoms. The number of rotatable bonds is 5. The maximum atomic E-state index is 12.9.